The molecule has 7 nitrogen and oxygen atoms in total. The Labute approximate surface area is 122 Å². The zero-order valence-corrected chi connectivity index (χ0v) is 12.5. The lowest BCUT2D eigenvalue weighted by atomic mass is 10.1. The predicted octanol–water partition coefficient (Wildman–Crippen LogP) is 0.495. The van der Waals surface area contributed by atoms with Crippen LogP contribution in [0, 0.1) is 0 Å². The van der Waals surface area contributed by atoms with E-state index in [4.69, 9.17) is 17.3 Å². The van der Waals surface area contributed by atoms with E-state index in [1.54, 1.807) is 17.9 Å². The molecule has 1 atom stereocenters. The van der Waals surface area contributed by atoms with Gasteiger partial charge in [0.15, 0.2) is 0 Å². The van der Waals surface area contributed by atoms with Crippen molar-refractivity contribution in [1.29, 1.82) is 0 Å². The molecular weight excluding hydrogens is 280 g/mol. The van der Waals surface area contributed by atoms with Gasteiger partial charge in [0.05, 0.1) is 29.7 Å². The lowest BCUT2D eigenvalue weighted by Gasteiger charge is -2.15. The first-order valence-electron chi connectivity index (χ1n) is 6.23. The summed E-state index contributed by atoms with van der Waals surface area (Å²) >= 11 is 6.14. The van der Waals surface area contributed by atoms with Crippen molar-refractivity contribution in [2.75, 3.05) is 26.4 Å². The lowest BCUT2D eigenvalue weighted by molar-refractivity contribution is 0.206. The number of nitrogens with zero attached hydrogens (tertiary/aromatic N) is 5. The van der Waals surface area contributed by atoms with Gasteiger partial charge in [-0.3, -0.25) is 9.36 Å². The largest absolute Gasteiger partial charge is 0.384 e. The van der Waals surface area contributed by atoms with Crippen molar-refractivity contribution in [3.05, 3.63) is 28.7 Å². The summed E-state index contributed by atoms with van der Waals surface area (Å²) in [5.74, 6) is 0.411. The molecule has 110 valence electrons. The summed E-state index contributed by atoms with van der Waals surface area (Å²) in [5.41, 5.74) is 6.96. The number of halogens is 1. The van der Waals surface area contributed by atoms with E-state index in [2.05, 4.69) is 10.2 Å². The Kier molecular flexibility index (Phi) is 4.32. The zero-order chi connectivity index (χ0) is 14.9. The molecule has 0 bridgehead atoms. The van der Waals surface area contributed by atoms with Crippen LogP contribution < -0.4 is 5.73 Å². The highest BCUT2D eigenvalue weighted by Crippen LogP contribution is 2.30. The van der Waals surface area contributed by atoms with Crippen LogP contribution in [0.2, 0.25) is 5.02 Å². The van der Waals surface area contributed by atoms with Gasteiger partial charge < -0.3 is 15.7 Å². The predicted molar refractivity (Wildman–Crippen MR) is 77.5 cm³/mol. The fraction of sp³-hybridized carbons (Fsp3) is 0.500. The molecule has 0 aliphatic carbocycles. The van der Waals surface area contributed by atoms with Crippen LogP contribution in [-0.2, 0) is 13.6 Å². The third kappa shape index (κ3) is 2.79. The summed E-state index contributed by atoms with van der Waals surface area (Å²) in [5, 5.41) is 19.2. The number of anilines is 1. The van der Waals surface area contributed by atoms with Crippen LogP contribution in [0.1, 0.15) is 17.4 Å². The first-order valence-corrected chi connectivity index (χ1v) is 6.61. The molecule has 8 heteroatoms. The first kappa shape index (κ1) is 14.8. The fourth-order valence-electron chi connectivity index (χ4n) is 1.94. The number of hydrogen-bond acceptors (Lipinski definition) is 5. The van der Waals surface area contributed by atoms with Crippen LogP contribution in [-0.4, -0.2) is 50.2 Å². The van der Waals surface area contributed by atoms with Crippen molar-refractivity contribution in [3.63, 3.8) is 0 Å². The van der Waals surface area contributed by atoms with Gasteiger partial charge in [-0.1, -0.05) is 11.6 Å². The quantitative estimate of drug-likeness (QED) is 0.839. The summed E-state index contributed by atoms with van der Waals surface area (Å²) in [7, 11) is 5.66. The molecular formula is C12H19ClN6O. The molecule has 0 aromatic carbocycles. The third-order valence-corrected chi connectivity index (χ3v) is 3.45. The Balaban J connectivity index is 2.31. The number of likely N-dealkylation sites (N-methyl/N-ethyl adjacent to an activating group) is 1. The molecule has 20 heavy (non-hydrogen) atoms. The Morgan fingerprint density at radius 1 is 1.40 bits per heavy atom. The minimum Gasteiger partial charge on any atom is -0.384 e. The van der Waals surface area contributed by atoms with Gasteiger partial charge in [0.2, 0.25) is 0 Å². The molecule has 0 saturated carbocycles. The maximum Gasteiger partial charge on any atom is 0.127 e. The van der Waals surface area contributed by atoms with Gasteiger partial charge in [0.25, 0.3) is 0 Å². The molecule has 0 fully saturated rings. The average molecular weight is 299 g/mol. The summed E-state index contributed by atoms with van der Waals surface area (Å²) in [4.78, 5) is 2.03. The van der Waals surface area contributed by atoms with Crippen LogP contribution in [0.3, 0.4) is 0 Å². The van der Waals surface area contributed by atoms with Crippen LogP contribution in [0.4, 0.5) is 5.82 Å². The normalized spacial score (nSPS) is 13.1. The number of aliphatic hydroxyl groups excluding tert-OH is 1. The Bertz CT molecular complexity index is 591. The molecule has 2 rings (SSSR count). The highest BCUT2D eigenvalue weighted by molar-refractivity contribution is 6.31. The molecule has 2 aromatic heterocycles. The van der Waals surface area contributed by atoms with Crippen molar-refractivity contribution in [2.24, 2.45) is 7.05 Å². The summed E-state index contributed by atoms with van der Waals surface area (Å²) in [6, 6.07) is 0. The lowest BCUT2D eigenvalue weighted by Crippen LogP contribution is -2.21. The number of aryl methyl sites for hydroxylation is 1. The maximum atomic E-state index is 10.5. The highest BCUT2D eigenvalue weighted by Gasteiger charge is 2.23. The Hall–Kier alpha value is -1.57. The second kappa shape index (κ2) is 5.82. The van der Waals surface area contributed by atoms with Crippen LogP contribution in [0.15, 0.2) is 12.4 Å². The van der Waals surface area contributed by atoms with Crippen LogP contribution in [0.25, 0.3) is 0 Å². The number of aromatic nitrogens is 4. The standard InChI is InChI=1S/C12H19ClN6O/c1-17(2)4-5-19-10(9(13)7-16-19)11(20)8-6-15-18(3)12(8)14/h6-7,11,20H,4-5,14H2,1-3H3. The van der Waals surface area contributed by atoms with Crippen molar-refractivity contribution in [1.82, 2.24) is 24.5 Å². The first-order chi connectivity index (χ1) is 9.41. The van der Waals surface area contributed by atoms with E-state index in [-0.39, 0.29) is 0 Å². The van der Waals surface area contributed by atoms with Crippen molar-refractivity contribution < 1.29 is 5.11 Å². The van der Waals surface area contributed by atoms with E-state index in [0.29, 0.717) is 28.6 Å². The molecule has 2 aromatic rings. The second-order valence-electron chi connectivity index (χ2n) is 4.92. The SMILES string of the molecule is CN(C)CCn1ncc(Cl)c1C(O)c1cnn(C)c1N. The molecule has 0 spiro atoms. The summed E-state index contributed by atoms with van der Waals surface area (Å²) < 4.78 is 3.20. The monoisotopic (exact) mass is 298 g/mol. The minimum absolute atomic E-state index is 0.411. The van der Waals surface area contributed by atoms with Gasteiger partial charge >= 0.3 is 0 Å². The number of aliphatic hydroxyl groups is 1. The molecule has 0 amide bonds. The van der Waals surface area contributed by atoms with Gasteiger partial charge in [-0.05, 0) is 14.1 Å². The van der Waals surface area contributed by atoms with E-state index < -0.39 is 6.10 Å². The van der Waals surface area contributed by atoms with Gasteiger partial charge in [0.1, 0.15) is 11.9 Å². The number of rotatable bonds is 5. The van der Waals surface area contributed by atoms with Crippen LogP contribution >= 0.6 is 11.6 Å². The Morgan fingerprint density at radius 2 is 2.10 bits per heavy atom. The second-order valence-corrected chi connectivity index (χ2v) is 5.32. The van der Waals surface area contributed by atoms with E-state index >= 15 is 0 Å². The number of hydrogen-bond donors (Lipinski definition) is 2. The van der Waals surface area contributed by atoms with Gasteiger partial charge in [0, 0.05) is 19.2 Å². The van der Waals surface area contributed by atoms with Crippen LogP contribution in [0.5, 0.6) is 0 Å². The van der Waals surface area contributed by atoms with E-state index in [9.17, 15) is 5.11 Å². The summed E-state index contributed by atoms with van der Waals surface area (Å²) in [6.07, 6.45) is 2.13. The highest BCUT2D eigenvalue weighted by atomic mass is 35.5. The van der Waals surface area contributed by atoms with Crippen molar-refractivity contribution in [3.8, 4) is 0 Å². The van der Waals surface area contributed by atoms with Gasteiger partial charge in [-0.25, -0.2) is 0 Å². The average Bonchev–Trinajstić information content (AvgIpc) is 2.91. The van der Waals surface area contributed by atoms with E-state index in [0.717, 1.165) is 6.54 Å². The molecule has 2 heterocycles. The third-order valence-electron chi connectivity index (χ3n) is 3.16. The van der Waals surface area contributed by atoms with E-state index in [1.165, 1.54) is 10.9 Å². The molecule has 0 aliphatic heterocycles. The van der Waals surface area contributed by atoms with Crippen molar-refractivity contribution in [2.45, 2.75) is 12.6 Å². The van der Waals surface area contributed by atoms with E-state index in [1.807, 2.05) is 19.0 Å². The molecule has 3 N–H and O–H groups in total. The van der Waals surface area contributed by atoms with Crippen molar-refractivity contribution >= 4 is 17.4 Å². The van der Waals surface area contributed by atoms with Gasteiger partial charge in [-0.2, -0.15) is 10.2 Å². The number of nitrogens with two attached hydrogens (primary N) is 1. The zero-order valence-electron chi connectivity index (χ0n) is 11.8. The number of nitrogen functional groups attached to an aromatic ring is 1. The molecule has 0 radical (unpaired) electrons. The minimum atomic E-state index is -0.944. The Morgan fingerprint density at radius 3 is 2.65 bits per heavy atom. The molecule has 1 unspecified atom stereocenters. The van der Waals surface area contributed by atoms with Gasteiger partial charge in [-0.15, -0.1) is 0 Å². The molecule has 0 saturated heterocycles. The fourth-order valence-corrected chi connectivity index (χ4v) is 2.18. The molecule has 0 aliphatic rings. The maximum absolute atomic E-state index is 10.5. The topological polar surface area (TPSA) is 85.1 Å². The summed E-state index contributed by atoms with van der Waals surface area (Å²) in [6.45, 7) is 1.42. The smallest absolute Gasteiger partial charge is 0.127 e.